The van der Waals surface area contributed by atoms with Crippen molar-refractivity contribution >= 4 is 17.8 Å². The van der Waals surface area contributed by atoms with Crippen molar-refractivity contribution in [3.05, 3.63) is 34.4 Å². The molecule has 1 saturated carbocycles. The minimum Gasteiger partial charge on any atom is -0.481 e. The van der Waals surface area contributed by atoms with Gasteiger partial charge in [-0.1, -0.05) is 0 Å². The smallest absolute Gasteiger partial charge is 0.306 e. The summed E-state index contributed by atoms with van der Waals surface area (Å²) in [5.41, 5.74) is -2.23. The second-order valence-corrected chi connectivity index (χ2v) is 5.83. The Hall–Kier alpha value is -2.45. The van der Waals surface area contributed by atoms with Crippen LogP contribution in [0.5, 0.6) is 0 Å². The van der Waals surface area contributed by atoms with Crippen LogP contribution in [0.3, 0.4) is 0 Å². The Morgan fingerprint density at radius 1 is 0.833 bits per heavy atom. The second kappa shape index (κ2) is 5.57. The van der Waals surface area contributed by atoms with Crippen LogP contribution >= 0.6 is 0 Å². The molecule has 128 valence electrons. The maximum absolute atomic E-state index is 13.8. The maximum atomic E-state index is 13.8. The molecule has 5 nitrogen and oxygen atoms in total. The number of benzene rings is 1. The minimum absolute atomic E-state index is 0.136. The lowest BCUT2D eigenvalue weighted by molar-refractivity contribution is -0.143. The molecule has 2 aliphatic rings. The van der Waals surface area contributed by atoms with Gasteiger partial charge < -0.3 is 5.11 Å². The lowest BCUT2D eigenvalue weighted by Gasteiger charge is -2.31. The number of carbonyl (C=O) groups excluding carboxylic acids is 2. The summed E-state index contributed by atoms with van der Waals surface area (Å²) in [6.07, 6.45) is 0.634. The number of rotatable bonds is 2. The third-order valence-corrected chi connectivity index (χ3v) is 4.54. The standard InChI is InChI=1S/C15H11F4NO4/c16-9-7-8(10(17)12(19)11(9)18)14(22)20(13(7)21)6-3-1-5(2-4-6)15(23)24/h5-6H,1-4H2,(H,23,24). The van der Waals surface area contributed by atoms with E-state index in [1.807, 2.05) is 0 Å². The molecular formula is C15H11F4NO4. The summed E-state index contributed by atoms with van der Waals surface area (Å²) in [6.45, 7) is 0. The lowest BCUT2D eigenvalue weighted by Crippen LogP contribution is -2.42. The number of nitrogens with zero attached hydrogens (tertiary/aromatic N) is 1. The van der Waals surface area contributed by atoms with Crippen LogP contribution < -0.4 is 0 Å². The Morgan fingerprint density at radius 3 is 1.62 bits per heavy atom. The van der Waals surface area contributed by atoms with Crippen molar-refractivity contribution < 1.29 is 37.1 Å². The third kappa shape index (κ3) is 2.18. The number of amides is 2. The molecule has 0 unspecified atom stereocenters. The van der Waals surface area contributed by atoms with Gasteiger partial charge in [-0.05, 0) is 25.7 Å². The summed E-state index contributed by atoms with van der Waals surface area (Å²) in [5.74, 6) is -12.2. The lowest BCUT2D eigenvalue weighted by atomic mass is 9.85. The number of hydrogen-bond donors (Lipinski definition) is 1. The van der Waals surface area contributed by atoms with Crippen LogP contribution in [0.2, 0.25) is 0 Å². The summed E-state index contributed by atoms with van der Waals surface area (Å²) in [6, 6.07) is -0.766. The average molecular weight is 345 g/mol. The first-order chi connectivity index (χ1) is 11.3. The molecule has 0 spiro atoms. The van der Waals surface area contributed by atoms with Gasteiger partial charge in [-0.3, -0.25) is 19.3 Å². The van der Waals surface area contributed by atoms with E-state index >= 15 is 0 Å². The van der Waals surface area contributed by atoms with Crippen molar-refractivity contribution in [2.45, 2.75) is 31.7 Å². The molecule has 1 fully saturated rings. The van der Waals surface area contributed by atoms with Gasteiger partial charge in [0.05, 0.1) is 17.0 Å². The summed E-state index contributed by atoms with van der Waals surface area (Å²) < 4.78 is 54.3. The summed E-state index contributed by atoms with van der Waals surface area (Å²) in [4.78, 5) is 36.0. The highest BCUT2D eigenvalue weighted by atomic mass is 19.2. The zero-order valence-corrected chi connectivity index (χ0v) is 12.1. The van der Waals surface area contributed by atoms with E-state index in [1.165, 1.54) is 0 Å². The van der Waals surface area contributed by atoms with Crippen LogP contribution in [0.1, 0.15) is 46.4 Å². The molecule has 9 heteroatoms. The van der Waals surface area contributed by atoms with Crippen molar-refractivity contribution in [2.75, 3.05) is 0 Å². The van der Waals surface area contributed by atoms with Crippen molar-refractivity contribution in [3.63, 3.8) is 0 Å². The normalized spacial score (nSPS) is 23.6. The topological polar surface area (TPSA) is 74.7 Å². The van der Waals surface area contributed by atoms with E-state index in [1.54, 1.807) is 0 Å². The molecule has 0 atom stereocenters. The summed E-state index contributed by atoms with van der Waals surface area (Å²) >= 11 is 0. The fourth-order valence-electron chi connectivity index (χ4n) is 3.28. The van der Waals surface area contributed by atoms with Gasteiger partial charge in [0.15, 0.2) is 23.3 Å². The molecular weight excluding hydrogens is 334 g/mol. The molecule has 1 heterocycles. The molecule has 2 amide bonds. The molecule has 0 saturated heterocycles. The Kier molecular flexibility index (Phi) is 3.81. The number of carbonyl (C=O) groups is 3. The predicted molar refractivity (Wildman–Crippen MR) is 70.2 cm³/mol. The molecule has 1 aliphatic carbocycles. The maximum Gasteiger partial charge on any atom is 0.306 e. The third-order valence-electron chi connectivity index (χ3n) is 4.54. The van der Waals surface area contributed by atoms with Crippen LogP contribution in [-0.4, -0.2) is 33.8 Å². The van der Waals surface area contributed by atoms with Gasteiger partial charge in [0.1, 0.15) is 0 Å². The number of halogens is 4. The molecule has 1 aromatic rings. The van der Waals surface area contributed by atoms with Crippen molar-refractivity contribution in [1.82, 2.24) is 4.90 Å². The van der Waals surface area contributed by atoms with Gasteiger partial charge >= 0.3 is 5.97 Å². The van der Waals surface area contributed by atoms with Gasteiger partial charge in [-0.2, -0.15) is 0 Å². The molecule has 1 aliphatic heterocycles. The monoisotopic (exact) mass is 345 g/mol. The number of fused-ring (bicyclic) bond motifs is 1. The zero-order valence-electron chi connectivity index (χ0n) is 12.1. The Morgan fingerprint density at radius 2 is 1.25 bits per heavy atom. The fourth-order valence-corrected chi connectivity index (χ4v) is 3.28. The molecule has 1 aromatic carbocycles. The second-order valence-electron chi connectivity index (χ2n) is 5.83. The van der Waals surface area contributed by atoms with Crippen molar-refractivity contribution in [2.24, 2.45) is 5.92 Å². The first kappa shape index (κ1) is 16.4. The molecule has 0 radical (unpaired) electrons. The SMILES string of the molecule is O=C(O)C1CCC(N2C(=O)c3c(F)c(F)c(F)c(F)c3C2=O)CC1. The van der Waals surface area contributed by atoms with Crippen LogP contribution in [0, 0.1) is 29.2 Å². The summed E-state index contributed by atoms with van der Waals surface area (Å²) in [5, 5.41) is 8.94. The van der Waals surface area contributed by atoms with Gasteiger partial charge in [-0.15, -0.1) is 0 Å². The van der Waals surface area contributed by atoms with E-state index in [9.17, 15) is 31.9 Å². The highest BCUT2D eigenvalue weighted by molar-refractivity contribution is 6.21. The molecule has 1 N–H and O–H groups in total. The first-order valence-electron chi connectivity index (χ1n) is 7.22. The number of carboxylic acids is 1. The van der Waals surface area contributed by atoms with E-state index in [0.29, 0.717) is 4.90 Å². The Balaban J connectivity index is 1.96. The number of imide groups is 1. The van der Waals surface area contributed by atoms with Crippen LogP contribution in [0.15, 0.2) is 0 Å². The van der Waals surface area contributed by atoms with Gasteiger partial charge in [0.2, 0.25) is 0 Å². The van der Waals surface area contributed by atoms with Gasteiger partial charge in [0, 0.05) is 6.04 Å². The summed E-state index contributed by atoms with van der Waals surface area (Å²) in [7, 11) is 0. The molecule has 24 heavy (non-hydrogen) atoms. The van der Waals surface area contributed by atoms with E-state index < -0.39 is 64.1 Å². The highest BCUT2D eigenvalue weighted by Gasteiger charge is 2.47. The highest BCUT2D eigenvalue weighted by Crippen LogP contribution is 2.36. The number of aliphatic carboxylic acids is 1. The van der Waals surface area contributed by atoms with E-state index in [-0.39, 0.29) is 25.7 Å². The van der Waals surface area contributed by atoms with E-state index in [4.69, 9.17) is 5.11 Å². The quantitative estimate of drug-likeness (QED) is 0.387. The Labute approximate surface area is 132 Å². The minimum atomic E-state index is -2.15. The molecule has 0 bridgehead atoms. The largest absolute Gasteiger partial charge is 0.481 e. The van der Waals surface area contributed by atoms with Gasteiger partial charge in [0.25, 0.3) is 11.8 Å². The van der Waals surface area contributed by atoms with E-state index in [0.717, 1.165) is 0 Å². The van der Waals surface area contributed by atoms with Crippen LogP contribution in [0.25, 0.3) is 0 Å². The predicted octanol–water partition coefficient (Wildman–Crippen LogP) is 2.48. The van der Waals surface area contributed by atoms with Crippen LogP contribution in [0.4, 0.5) is 17.6 Å². The Bertz CT molecular complexity index is 724. The zero-order chi connectivity index (χ0) is 17.8. The van der Waals surface area contributed by atoms with E-state index in [2.05, 4.69) is 0 Å². The van der Waals surface area contributed by atoms with Crippen molar-refractivity contribution in [1.29, 1.82) is 0 Å². The van der Waals surface area contributed by atoms with Crippen LogP contribution in [-0.2, 0) is 4.79 Å². The number of hydrogen-bond acceptors (Lipinski definition) is 3. The van der Waals surface area contributed by atoms with Crippen molar-refractivity contribution in [3.8, 4) is 0 Å². The first-order valence-corrected chi connectivity index (χ1v) is 7.22. The average Bonchev–Trinajstić information content (AvgIpc) is 2.82. The molecule has 0 aromatic heterocycles. The van der Waals surface area contributed by atoms with Gasteiger partial charge in [-0.25, -0.2) is 17.6 Å². The fraction of sp³-hybridized carbons (Fsp3) is 0.400. The number of carboxylic acid groups (broad SMARTS) is 1. The molecule has 3 rings (SSSR count).